The number of nitrogens with one attached hydrogen (secondary N) is 1. The monoisotopic (exact) mass is 221 g/mol. The summed E-state index contributed by atoms with van der Waals surface area (Å²) in [5.41, 5.74) is 2.29. The Kier molecular flexibility index (Phi) is 3.59. The van der Waals surface area contributed by atoms with E-state index in [1.165, 1.54) is 30.9 Å². The normalized spacial score (nSPS) is 17.4. The van der Waals surface area contributed by atoms with Crippen molar-refractivity contribution < 1.29 is 4.39 Å². The van der Waals surface area contributed by atoms with Crippen LogP contribution in [-0.4, -0.2) is 7.05 Å². The predicted octanol–water partition coefficient (Wildman–Crippen LogP) is 3.58. The summed E-state index contributed by atoms with van der Waals surface area (Å²) in [5.74, 6) is 0.803. The fraction of sp³-hybridized carbons (Fsp3) is 0.571. The van der Waals surface area contributed by atoms with Gasteiger partial charge in [-0.2, -0.15) is 0 Å². The second-order valence-electron chi connectivity index (χ2n) is 4.86. The van der Waals surface area contributed by atoms with Gasteiger partial charge in [-0.1, -0.05) is 18.9 Å². The van der Waals surface area contributed by atoms with E-state index < -0.39 is 0 Å². The quantitative estimate of drug-likeness (QED) is 0.801. The van der Waals surface area contributed by atoms with Gasteiger partial charge in [0.1, 0.15) is 5.82 Å². The van der Waals surface area contributed by atoms with E-state index in [9.17, 15) is 4.39 Å². The van der Waals surface area contributed by atoms with Crippen molar-refractivity contribution in [3.05, 3.63) is 35.1 Å². The van der Waals surface area contributed by atoms with Crippen molar-refractivity contribution in [2.75, 3.05) is 7.05 Å². The van der Waals surface area contributed by atoms with E-state index in [2.05, 4.69) is 12.2 Å². The summed E-state index contributed by atoms with van der Waals surface area (Å²) in [6, 6.07) is 5.37. The molecule has 1 saturated carbocycles. The van der Waals surface area contributed by atoms with Crippen molar-refractivity contribution in [2.45, 2.75) is 38.6 Å². The molecule has 1 N–H and O–H groups in total. The van der Waals surface area contributed by atoms with Gasteiger partial charge in [-0.15, -0.1) is 0 Å². The number of benzene rings is 1. The van der Waals surface area contributed by atoms with Gasteiger partial charge < -0.3 is 5.32 Å². The standard InChI is InChI=1S/C14H20FN/c1-10-3-7-12(15)9-13(10)14(16-2)8-6-11-4-5-11/h3,7,9,11,14,16H,4-6,8H2,1-2H3. The Morgan fingerprint density at radius 3 is 2.81 bits per heavy atom. The van der Waals surface area contributed by atoms with Crippen LogP contribution in [0.2, 0.25) is 0 Å². The molecular formula is C14H20FN. The van der Waals surface area contributed by atoms with Crippen LogP contribution < -0.4 is 5.32 Å². The van der Waals surface area contributed by atoms with E-state index >= 15 is 0 Å². The van der Waals surface area contributed by atoms with Crippen LogP contribution in [0.1, 0.15) is 42.9 Å². The lowest BCUT2D eigenvalue weighted by molar-refractivity contribution is 0.501. The summed E-state index contributed by atoms with van der Waals surface area (Å²) in [6.07, 6.45) is 5.16. The molecule has 0 bridgehead atoms. The van der Waals surface area contributed by atoms with Crippen LogP contribution >= 0.6 is 0 Å². The largest absolute Gasteiger partial charge is 0.313 e. The molecule has 1 aliphatic carbocycles. The molecular weight excluding hydrogens is 201 g/mol. The van der Waals surface area contributed by atoms with Crippen LogP contribution in [0.5, 0.6) is 0 Å². The average molecular weight is 221 g/mol. The van der Waals surface area contributed by atoms with Crippen molar-refractivity contribution >= 4 is 0 Å². The molecule has 0 heterocycles. The lowest BCUT2D eigenvalue weighted by Gasteiger charge is -2.18. The molecule has 16 heavy (non-hydrogen) atoms. The maximum Gasteiger partial charge on any atom is 0.123 e. The van der Waals surface area contributed by atoms with Gasteiger partial charge in [-0.3, -0.25) is 0 Å². The Labute approximate surface area is 97.1 Å². The zero-order valence-corrected chi connectivity index (χ0v) is 10.1. The molecule has 1 fully saturated rings. The molecule has 0 spiro atoms. The van der Waals surface area contributed by atoms with Crippen LogP contribution in [0.25, 0.3) is 0 Å². The molecule has 1 atom stereocenters. The highest BCUT2D eigenvalue weighted by molar-refractivity contribution is 5.29. The Morgan fingerprint density at radius 1 is 1.44 bits per heavy atom. The zero-order chi connectivity index (χ0) is 11.5. The Hall–Kier alpha value is -0.890. The van der Waals surface area contributed by atoms with Crippen LogP contribution in [-0.2, 0) is 0 Å². The second-order valence-corrected chi connectivity index (χ2v) is 4.86. The third kappa shape index (κ3) is 2.82. The van der Waals surface area contributed by atoms with Crippen molar-refractivity contribution in [1.29, 1.82) is 0 Å². The van der Waals surface area contributed by atoms with Crippen LogP contribution in [0.4, 0.5) is 4.39 Å². The van der Waals surface area contributed by atoms with Gasteiger partial charge in [0.15, 0.2) is 0 Å². The highest BCUT2D eigenvalue weighted by Crippen LogP contribution is 2.36. The third-order valence-electron chi connectivity index (χ3n) is 3.53. The minimum Gasteiger partial charge on any atom is -0.313 e. The number of hydrogen-bond donors (Lipinski definition) is 1. The van der Waals surface area contributed by atoms with Gasteiger partial charge in [0.2, 0.25) is 0 Å². The van der Waals surface area contributed by atoms with E-state index in [4.69, 9.17) is 0 Å². The number of hydrogen-bond acceptors (Lipinski definition) is 1. The highest BCUT2D eigenvalue weighted by Gasteiger charge is 2.23. The Morgan fingerprint density at radius 2 is 2.19 bits per heavy atom. The van der Waals surface area contributed by atoms with E-state index in [0.717, 1.165) is 17.9 Å². The maximum absolute atomic E-state index is 13.2. The average Bonchev–Trinajstić information content (AvgIpc) is 3.07. The van der Waals surface area contributed by atoms with Crippen LogP contribution in [0, 0.1) is 18.7 Å². The summed E-state index contributed by atoms with van der Waals surface area (Å²) < 4.78 is 13.2. The summed E-state index contributed by atoms with van der Waals surface area (Å²) in [6.45, 7) is 2.05. The first kappa shape index (κ1) is 11.6. The fourth-order valence-corrected chi connectivity index (χ4v) is 2.25. The van der Waals surface area contributed by atoms with Crippen molar-refractivity contribution in [3.8, 4) is 0 Å². The summed E-state index contributed by atoms with van der Waals surface area (Å²) in [7, 11) is 1.96. The van der Waals surface area contributed by atoms with E-state index in [-0.39, 0.29) is 5.82 Å². The fourth-order valence-electron chi connectivity index (χ4n) is 2.25. The summed E-state index contributed by atoms with van der Waals surface area (Å²) in [4.78, 5) is 0. The molecule has 0 aliphatic heterocycles. The molecule has 0 saturated heterocycles. The number of halogens is 1. The van der Waals surface area contributed by atoms with E-state index in [1.54, 1.807) is 6.07 Å². The predicted molar refractivity (Wildman–Crippen MR) is 64.9 cm³/mol. The Balaban J connectivity index is 2.07. The zero-order valence-electron chi connectivity index (χ0n) is 10.1. The molecule has 1 aliphatic rings. The lowest BCUT2D eigenvalue weighted by Crippen LogP contribution is -2.17. The molecule has 1 nitrogen and oxygen atoms in total. The highest BCUT2D eigenvalue weighted by atomic mass is 19.1. The molecule has 0 aromatic heterocycles. The first-order valence-electron chi connectivity index (χ1n) is 6.14. The van der Waals surface area contributed by atoms with Gasteiger partial charge in [0.25, 0.3) is 0 Å². The summed E-state index contributed by atoms with van der Waals surface area (Å²) >= 11 is 0. The van der Waals surface area contributed by atoms with Gasteiger partial charge >= 0.3 is 0 Å². The number of rotatable bonds is 5. The molecule has 88 valence electrons. The summed E-state index contributed by atoms with van der Waals surface area (Å²) in [5, 5.41) is 3.30. The van der Waals surface area contributed by atoms with Gasteiger partial charge in [-0.05, 0) is 56.0 Å². The van der Waals surface area contributed by atoms with Crippen LogP contribution in [0.15, 0.2) is 18.2 Å². The minimum atomic E-state index is -0.132. The van der Waals surface area contributed by atoms with Gasteiger partial charge in [0.05, 0.1) is 0 Å². The first-order chi connectivity index (χ1) is 7.70. The second kappa shape index (κ2) is 4.96. The first-order valence-corrected chi connectivity index (χ1v) is 6.14. The topological polar surface area (TPSA) is 12.0 Å². The van der Waals surface area contributed by atoms with Crippen molar-refractivity contribution in [2.24, 2.45) is 5.92 Å². The molecule has 0 amide bonds. The smallest absolute Gasteiger partial charge is 0.123 e. The molecule has 0 radical (unpaired) electrons. The molecule has 2 heteroatoms. The lowest BCUT2D eigenvalue weighted by atomic mass is 9.96. The van der Waals surface area contributed by atoms with E-state index in [1.807, 2.05) is 13.1 Å². The van der Waals surface area contributed by atoms with Crippen molar-refractivity contribution in [1.82, 2.24) is 5.32 Å². The molecule has 2 rings (SSSR count). The SMILES string of the molecule is CNC(CCC1CC1)c1cc(F)ccc1C. The van der Waals surface area contributed by atoms with E-state index in [0.29, 0.717) is 6.04 Å². The van der Waals surface area contributed by atoms with Gasteiger partial charge in [0, 0.05) is 6.04 Å². The molecule has 1 aromatic rings. The van der Waals surface area contributed by atoms with Crippen LogP contribution in [0.3, 0.4) is 0 Å². The number of aryl methyl sites for hydroxylation is 1. The molecule has 1 unspecified atom stereocenters. The molecule has 1 aromatic carbocycles. The van der Waals surface area contributed by atoms with Gasteiger partial charge in [-0.25, -0.2) is 4.39 Å². The minimum absolute atomic E-state index is 0.132. The Bertz CT molecular complexity index is 358. The van der Waals surface area contributed by atoms with Crippen molar-refractivity contribution in [3.63, 3.8) is 0 Å². The third-order valence-corrected chi connectivity index (χ3v) is 3.53. The maximum atomic E-state index is 13.2.